The molecule has 25 heavy (non-hydrogen) atoms. The van der Waals surface area contributed by atoms with Gasteiger partial charge < -0.3 is 10.3 Å². The zero-order valence-electron chi connectivity index (χ0n) is 14.7. The van der Waals surface area contributed by atoms with Crippen LogP contribution >= 0.6 is 0 Å². The first-order chi connectivity index (χ1) is 12.0. The molecule has 1 aromatic heterocycles. The summed E-state index contributed by atoms with van der Waals surface area (Å²) in [4.78, 5) is 29.6. The van der Waals surface area contributed by atoms with Crippen LogP contribution in [0.2, 0.25) is 0 Å². The largest absolute Gasteiger partial charge is 0.333 e. The fraction of sp³-hybridized carbons (Fsp3) is 0.400. The summed E-state index contributed by atoms with van der Waals surface area (Å²) in [5, 5.41) is 2.94. The minimum absolute atomic E-state index is 0.129. The van der Waals surface area contributed by atoms with Crippen molar-refractivity contribution >= 4 is 11.7 Å². The van der Waals surface area contributed by atoms with Crippen molar-refractivity contribution in [3.63, 3.8) is 0 Å². The van der Waals surface area contributed by atoms with E-state index in [2.05, 4.69) is 22.4 Å². The van der Waals surface area contributed by atoms with E-state index in [1.54, 1.807) is 0 Å². The zero-order valence-corrected chi connectivity index (χ0v) is 14.7. The monoisotopic (exact) mass is 337 g/mol. The molecular formula is C20H23N3O2. The van der Waals surface area contributed by atoms with E-state index in [0.717, 1.165) is 36.3 Å². The van der Waals surface area contributed by atoms with Crippen molar-refractivity contribution in [2.75, 3.05) is 11.4 Å². The summed E-state index contributed by atoms with van der Waals surface area (Å²) >= 11 is 0. The summed E-state index contributed by atoms with van der Waals surface area (Å²) in [6.07, 6.45) is 3.51. The molecule has 1 aromatic carbocycles. The van der Waals surface area contributed by atoms with Crippen LogP contribution in [0.25, 0.3) is 0 Å². The molecule has 2 N–H and O–H groups in total. The lowest BCUT2D eigenvalue weighted by molar-refractivity contribution is 0.235. The quantitative estimate of drug-likeness (QED) is 0.884. The summed E-state index contributed by atoms with van der Waals surface area (Å²) in [7, 11) is 0. The molecule has 0 unspecified atom stereocenters. The Labute approximate surface area is 147 Å². The van der Waals surface area contributed by atoms with Crippen LogP contribution in [-0.2, 0) is 12.0 Å². The number of carbonyl (C=O) groups is 1. The summed E-state index contributed by atoms with van der Waals surface area (Å²) in [5.41, 5.74) is 4.66. The van der Waals surface area contributed by atoms with Crippen LogP contribution in [0.1, 0.15) is 41.6 Å². The van der Waals surface area contributed by atoms with E-state index >= 15 is 0 Å². The van der Waals surface area contributed by atoms with Gasteiger partial charge in [0.05, 0.1) is 6.54 Å². The predicted octanol–water partition coefficient (Wildman–Crippen LogP) is 3.14. The normalized spacial score (nSPS) is 17.3. The topological polar surface area (TPSA) is 65.2 Å². The molecule has 2 aromatic rings. The van der Waals surface area contributed by atoms with Gasteiger partial charge in [0, 0.05) is 28.9 Å². The van der Waals surface area contributed by atoms with Gasteiger partial charge in [-0.2, -0.15) is 0 Å². The number of urea groups is 1. The van der Waals surface area contributed by atoms with E-state index in [9.17, 15) is 9.59 Å². The number of hydrogen-bond acceptors (Lipinski definition) is 2. The second-order valence-corrected chi connectivity index (χ2v) is 7.34. The van der Waals surface area contributed by atoms with Crippen molar-refractivity contribution in [1.82, 2.24) is 10.3 Å². The lowest BCUT2D eigenvalue weighted by Gasteiger charge is -2.38. The average Bonchev–Trinajstić information content (AvgIpc) is 2.89. The first kappa shape index (κ1) is 15.9. The molecular weight excluding hydrogens is 314 g/mol. The Morgan fingerprint density at radius 3 is 2.72 bits per heavy atom. The minimum atomic E-state index is -0.130. The van der Waals surface area contributed by atoms with Crippen molar-refractivity contribution in [2.24, 2.45) is 0 Å². The van der Waals surface area contributed by atoms with Gasteiger partial charge in [-0.25, -0.2) is 4.79 Å². The van der Waals surface area contributed by atoms with Gasteiger partial charge in [0.1, 0.15) is 0 Å². The third-order valence-corrected chi connectivity index (χ3v) is 5.69. The minimum Gasteiger partial charge on any atom is -0.333 e. The summed E-state index contributed by atoms with van der Waals surface area (Å²) in [5.74, 6) is 0. The number of H-pyrrole nitrogens is 1. The first-order valence-electron chi connectivity index (χ1n) is 8.84. The number of nitrogens with one attached hydrogen (secondary N) is 2. The van der Waals surface area contributed by atoms with Crippen LogP contribution in [-0.4, -0.2) is 17.6 Å². The Bertz CT molecular complexity index is 896. The molecule has 2 heterocycles. The molecule has 1 saturated carbocycles. The molecule has 130 valence electrons. The molecule has 0 atom stereocenters. The van der Waals surface area contributed by atoms with Gasteiger partial charge in [0.2, 0.25) is 0 Å². The van der Waals surface area contributed by atoms with E-state index in [4.69, 9.17) is 0 Å². The maximum absolute atomic E-state index is 12.8. The number of hydrogen-bond donors (Lipinski definition) is 2. The van der Waals surface area contributed by atoms with E-state index in [1.165, 1.54) is 12.0 Å². The van der Waals surface area contributed by atoms with Crippen LogP contribution < -0.4 is 15.8 Å². The Kier molecular flexibility index (Phi) is 3.67. The maximum atomic E-state index is 12.8. The van der Waals surface area contributed by atoms with Crippen LogP contribution in [0.4, 0.5) is 10.5 Å². The van der Waals surface area contributed by atoms with Gasteiger partial charge in [-0.15, -0.1) is 0 Å². The van der Waals surface area contributed by atoms with E-state index in [-0.39, 0.29) is 23.6 Å². The number of anilines is 1. The number of amides is 2. The van der Waals surface area contributed by atoms with Gasteiger partial charge in [0.15, 0.2) is 0 Å². The van der Waals surface area contributed by atoms with Crippen LogP contribution in [0.5, 0.6) is 0 Å². The number of aromatic nitrogens is 1. The Hall–Kier alpha value is -2.56. The lowest BCUT2D eigenvalue weighted by Crippen LogP contribution is -2.45. The van der Waals surface area contributed by atoms with Gasteiger partial charge in [-0.1, -0.05) is 24.6 Å². The van der Waals surface area contributed by atoms with Gasteiger partial charge in [-0.3, -0.25) is 9.69 Å². The zero-order chi connectivity index (χ0) is 17.6. The molecule has 1 fully saturated rings. The van der Waals surface area contributed by atoms with Crippen molar-refractivity contribution < 1.29 is 4.79 Å². The van der Waals surface area contributed by atoms with Crippen molar-refractivity contribution in [3.8, 4) is 0 Å². The number of pyridine rings is 1. The molecule has 0 bridgehead atoms. The van der Waals surface area contributed by atoms with Gasteiger partial charge in [0.25, 0.3) is 5.56 Å². The second-order valence-electron chi connectivity index (χ2n) is 7.34. The Balaban J connectivity index is 1.54. The third-order valence-electron chi connectivity index (χ3n) is 5.69. The molecule has 1 spiro atoms. The van der Waals surface area contributed by atoms with Crippen LogP contribution in [0.15, 0.2) is 35.1 Å². The van der Waals surface area contributed by atoms with E-state index in [1.807, 2.05) is 36.9 Å². The van der Waals surface area contributed by atoms with Gasteiger partial charge in [-0.05, 0) is 49.9 Å². The molecule has 5 nitrogen and oxygen atoms in total. The number of aromatic amines is 1. The number of fused-ring (bicyclic) bond motifs is 2. The molecule has 5 heteroatoms. The number of carbonyl (C=O) groups excluding carboxylic acids is 1. The van der Waals surface area contributed by atoms with Gasteiger partial charge >= 0.3 is 6.03 Å². The first-order valence-corrected chi connectivity index (χ1v) is 8.84. The molecule has 4 rings (SSSR count). The summed E-state index contributed by atoms with van der Waals surface area (Å²) in [6, 6.07) is 10.00. The summed E-state index contributed by atoms with van der Waals surface area (Å²) < 4.78 is 0. The smallest absolute Gasteiger partial charge is 0.322 e. The Morgan fingerprint density at radius 1 is 1.28 bits per heavy atom. The fourth-order valence-corrected chi connectivity index (χ4v) is 4.20. The SMILES string of the molecule is Cc1cc(C)c(CNC(=O)N2CC3(CCC3)c3ccccc32)c(=O)[nH]1. The number of para-hydroxylation sites is 1. The van der Waals surface area contributed by atoms with Crippen molar-refractivity contribution in [2.45, 2.75) is 45.1 Å². The van der Waals surface area contributed by atoms with Crippen molar-refractivity contribution in [3.05, 3.63) is 63.1 Å². The van der Waals surface area contributed by atoms with Crippen LogP contribution in [0.3, 0.4) is 0 Å². The molecule has 0 saturated heterocycles. The highest BCUT2D eigenvalue weighted by atomic mass is 16.2. The molecule has 0 radical (unpaired) electrons. The molecule has 1 aliphatic carbocycles. The third kappa shape index (κ3) is 2.54. The molecule has 2 aliphatic rings. The van der Waals surface area contributed by atoms with E-state index < -0.39 is 0 Å². The average molecular weight is 337 g/mol. The number of nitrogens with zero attached hydrogens (tertiary/aromatic N) is 1. The highest BCUT2D eigenvalue weighted by molar-refractivity contribution is 5.95. The second kappa shape index (κ2) is 5.76. The Morgan fingerprint density at radius 2 is 2.04 bits per heavy atom. The fourth-order valence-electron chi connectivity index (χ4n) is 4.20. The lowest BCUT2D eigenvalue weighted by atomic mass is 9.66. The highest BCUT2D eigenvalue weighted by Gasteiger charge is 2.48. The number of aryl methyl sites for hydroxylation is 2. The molecule has 1 aliphatic heterocycles. The highest BCUT2D eigenvalue weighted by Crippen LogP contribution is 2.52. The predicted molar refractivity (Wildman–Crippen MR) is 98.1 cm³/mol. The van der Waals surface area contributed by atoms with E-state index in [0.29, 0.717) is 5.56 Å². The number of rotatable bonds is 2. The van der Waals surface area contributed by atoms with Crippen LogP contribution in [0, 0.1) is 13.8 Å². The number of benzene rings is 1. The summed E-state index contributed by atoms with van der Waals surface area (Å²) in [6.45, 7) is 4.74. The molecule has 2 amide bonds. The standard InChI is InChI=1S/C20H23N3O2/c1-13-10-14(2)22-18(24)15(13)11-21-19(25)23-12-20(8-5-9-20)16-6-3-4-7-17(16)23/h3-4,6-7,10H,5,8-9,11-12H2,1-2H3,(H,21,25)(H,22,24). The van der Waals surface area contributed by atoms with Crippen molar-refractivity contribution in [1.29, 1.82) is 0 Å². The maximum Gasteiger partial charge on any atom is 0.322 e.